The fourth-order valence-electron chi connectivity index (χ4n) is 5.12. The van der Waals surface area contributed by atoms with Crippen molar-refractivity contribution in [1.82, 2.24) is 4.90 Å². The number of ether oxygens (including phenoxy) is 2. The first kappa shape index (κ1) is 23.9. The molecular weight excluding hydrogens is 564 g/mol. The van der Waals surface area contributed by atoms with Gasteiger partial charge in [-0.2, -0.15) is 0 Å². The molecule has 1 aromatic rings. The molecule has 33 heavy (non-hydrogen) atoms. The Labute approximate surface area is 206 Å². The summed E-state index contributed by atoms with van der Waals surface area (Å²) >= 11 is 7.25. The molecule has 3 aliphatic rings. The van der Waals surface area contributed by atoms with E-state index in [1.165, 1.54) is 38.3 Å². The van der Waals surface area contributed by atoms with Crippen LogP contribution in [-0.4, -0.2) is 64.0 Å². The maximum absolute atomic E-state index is 13.0. The fraction of sp³-hybridized carbons (Fsp3) is 0.500. The Morgan fingerprint density at radius 1 is 1.06 bits per heavy atom. The molecule has 2 aliphatic carbocycles. The van der Waals surface area contributed by atoms with Crippen molar-refractivity contribution in [1.29, 1.82) is 0 Å². The number of carbonyl (C=O) groups is 5. The largest absolute Gasteiger partial charge is 0.465 e. The summed E-state index contributed by atoms with van der Waals surface area (Å²) in [5.41, 5.74) is 0.727. The summed E-state index contributed by atoms with van der Waals surface area (Å²) in [6.45, 7) is 0.852. The Bertz CT molecular complexity index is 983. The molecule has 1 heterocycles. The van der Waals surface area contributed by atoms with Crippen LogP contribution in [0, 0.1) is 23.7 Å². The van der Waals surface area contributed by atoms with Gasteiger partial charge in [-0.3, -0.25) is 19.3 Å². The zero-order valence-electron chi connectivity index (χ0n) is 17.8. The van der Waals surface area contributed by atoms with Crippen molar-refractivity contribution in [3.8, 4) is 0 Å². The van der Waals surface area contributed by atoms with Crippen LogP contribution in [0.5, 0.6) is 0 Å². The van der Waals surface area contributed by atoms with Crippen LogP contribution >= 0.6 is 31.9 Å². The van der Waals surface area contributed by atoms with Gasteiger partial charge in [0.2, 0.25) is 11.8 Å². The van der Waals surface area contributed by atoms with Crippen molar-refractivity contribution < 1.29 is 33.4 Å². The van der Waals surface area contributed by atoms with Gasteiger partial charge in [-0.1, -0.05) is 31.9 Å². The third-order valence-electron chi connectivity index (χ3n) is 6.68. The maximum atomic E-state index is 13.0. The first-order chi connectivity index (χ1) is 15.6. The van der Waals surface area contributed by atoms with Gasteiger partial charge in [0.1, 0.15) is 6.04 Å². The molecule has 1 saturated heterocycles. The van der Waals surface area contributed by atoms with Gasteiger partial charge in [0, 0.05) is 15.3 Å². The molecule has 7 atom stereocenters. The molecule has 9 nitrogen and oxygen atoms in total. The van der Waals surface area contributed by atoms with Gasteiger partial charge < -0.3 is 14.8 Å². The number of nitrogens with zero attached hydrogens (tertiary/aromatic N) is 1. The van der Waals surface area contributed by atoms with E-state index < -0.39 is 42.3 Å². The Morgan fingerprint density at radius 2 is 1.61 bits per heavy atom. The number of amides is 3. The number of anilines is 1. The highest BCUT2D eigenvalue weighted by atomic mass is 79.9. The second kappa shape index (κ2) is 9.17. The molecule has 0 unspecified atom stereocenters. The van der Waals surface area contributed by atoms with Crippen LogP contribution in [0.2, 0.25) is 0 Å². The lowest BCUT2D eigenvalue weighted by Gasteiger charge is -2.28. The Morgan fingerprint density at radius 3 is 2.12 bits per heavy atom. The number of rotatable bonds is 6. The number of alkyl halides is 2. The number of methoxy groups -OCH3 is 1. The average Bonchev–Trinajstić information content (AvgIpc) is 3.41. The van der Waals surface area contributed by atoms with E-state index in [1.807, 2.05) is 0 Å². The van der Waals surface area contributed by atoms with E-state index in [4.69, 9.17) is 4.74 Å². The van der Waals surface area contributed by atoms with Crippen LogP contribution in [0.4, 0.5) is 5.69 Å². The average molecular weight is 586 g/mol. The van der Waals surface area contributed by atoms with Gasteiger partial charge in [0.05, 0.1) is 24.5 Å². The quantitative estimate of drug-likeness (QED) is 0.308. The molecule has 4 rings (SSSR count). The summed E-state index contributed by atoms with van der Waals surface area (Å²) in [7, 11) is 1.27. The van der Waals surface area contributed by atoms with Crippen LogP contribution < -0.4 is 5.32 Å². The highest BCUT2D eigenvalue weighted by molar-refractivity contribution is 9.12. The SMILES string of the molecule is COC(=O)c1ccc(NC(=O)COC(=O)[C@H](C)N2C(=O)[C@@H]3[C@H]4C[C@@H]([C@H](Br)[C@H]4Br)[C@@H]3C2=O)cc1. The molecule has 2 bridgehead atoms. The third-order valence-corrected chi connectivity index (χ3v) is 9.89. The normalized spacial score (nSPS) is 30.7. The predicted molar refractivity (Wildman–Crippen MR) is 123 cm³/mol. The summed E-state index contributed by atoms with van der Waals surface area (Å²) < 4.78 is 9.68. The lowest BCUT2D eigenvalue weighted by molar-refractivity contribution is -0.159. The van der Waals surface area contributed by atoms with Gasteiger partial charge in [-0.05, 0) is 49.4 Å². The van der Waals surface area contributed by atoms with Crippen LogP contribution in [-0.2, 0) is 28.7 Å². The molecule has 1 N–H and O–H groups in total. The molecule has 1 aliphatic heterocycles. The minimum atomic E-state index is -1.12. The number of halogens is 2. The number of imide groups is 1. The molecule has 1 aromatic carbocycles. The number of fused-ring (bicyclic) bond motifs is 5. The number of nitrogens with one attached hydrogen (secondary N) is 1. The smallest absolute Gasteiger partial charge is 0.337 e. The predicted octanol–water partition coefficient (Wildman–Crippen LogP) is 2.12. The molecule has 0 aromatic heterocycles. The van der Waals surface area contributed by atoms with Crippen LogP contribution in [0.15, 0.2) is 24.3 Å². The van der Waals surface area contributed by atoms with Crippen molar-refractivity contribution in [2.45, 2.75) is 29.0 Å². The fourth-order valence-corrected chi connectivity index (χ4v) is 6.99. The zero-order chi connectivity index (χ0) is 24.0. The molecule has 0 spiro atoms. The number of carbonyl (C=O) groups excluding carboxylic acids is 5. The summed E-state index contributed by atoms with van der Waals surface area (Å²) in [6, 6.07) is 4.87. The van der Waals surface area contributed by atoms with E-state index in [-0.39, 0.29) is 33.3 Å². The number of likely N-dealkylation sites (tertiary alicyclic amines) is 1. The summed E-state index contributed by atoms with van der Waals surface area (Å²) in [4.78, 5) is 63.4. The highest BCUT2D eigenvalue weighted by Gasteiger charge is 2.67. The van der Waals surface area contributed by atoms with Gasteiger partial charge in [-0.15, -0.1) is 0 Å². The van der Waals surface area contributed by atoms with Gasteiger partial charge in [0.25, 0.3) is 5.91 Å². The Kier molecular flexibility index (Phi) is 6.63. The van der Waals surface area contributed by atoms with E-state index in [1.54, 1.807) is 0 Å². The Balaban J connectivity index is 1.33. The van der Waals surface area contributed by atoms with Crippen molar-refractivity contribution in [2.24, 2.45) is 23.7 Å². The summed E-state index contributed by atoms with van der Waals surface area (Å²) in [5, 5.41) is 2.54. The minimum absolute atomic E-state index is 0.0467. The number of hydrogen-bond donors (Lipinski definition) is 1. The number of esters is 2. The minimum Gasteiger partial charge on any atom is -0.465 e. The molecule has 3 fully saturated rings. The van der Waals surface area contributed by atoms with E-state index >= 15 is 0 Å². The summed E-state index contributed by atoms with van der Waals surface area (Å²) in [5.74, 6) is -3.38. The van der Waals surface area contributed by atoms with E-state index in [9.17, 15) is 24.0 Å². The van der Waals surface area contributed by atoms with Gasteiger partial charge >= 0.3 is 11.9 Å². The first-order valence-corrected chi connectivity index (χ1v) is 12.3. The monoisotopic (exact) mass is 584 g/mol. The highest BCUT2D eigenvalue weighted by Crippen LogP contribution is 2.60. The van der Waals surface area contributed by atoms with Crippen molar-refractivity contribution in [3.05, 3.63) is 29.8 Å². The molecule has 3 amide bonds. The standard InChI is InChI=1S/C22H22Br2N2O7/c1-9(26-19(28)15-12-7-13(16(15)20(26)29)18(24)17(12)23)21(30)33-8-14(27)25-11-5-3-10(4-6-11)22(31)32-2/h3-6,9,12-13,15-18H,7-8H2,1-2H3,(H,25,27)/t9-,12+,13+,15-,16+,17-,18-/m0/s1. The molecule has 176 valence electrons. The number of hydrogen-bond acceptors (Lipinski definition) is 7. The topological polar surface area (TPSA) is 119 Å². The van der Waals surface area contributed by atoms with Crippen molar-refractivity contribution >= 4 is 67.2 Å². The molecular formula is C22H22Br2N2O7. The van der Waals surface area contributed by atoms with E-state index in [2.05, 4.69) is 41.9 Å². The van der Waals surface area contributed by atoms with Crippen LogP contribution in [0.3, 0.4) is 0 Å². The molecule has 0 radical (unpaired) electrons. The van der Waals surface area contributed by atoms with Gasteiger partial charge in [0.15, 0.2) is 6.61 Å². The second-order valence-corrected chi connectivity index (χ2v) is 10.6. The third kappa shape index (κ3) is 4.09. The maximum Gasteiger partial charge on any atom is 0.337 e. The van der Waals surface area contributed by atoms with E-state index in [0.29, 0.717) is 11.3 Å². The van der Waals surface area contributed by atoms with Crippen LogP contribution in [0.1, 0.15) is 23.7 Å². The lowest BCUT2D eigenvalue weighted by atomic mass is 9.81. The molecule has 11 heteroatoms. The lowest BCUT2D eigenvalue weighted by Crippen LogP contribution is -2.45. The second-order valence-electron chi connectivity index (χ2n) is 8.45. The molecule has 2 saturated carbocycles. The van der Waals surface area contributed by atoms with Gasteiger partial charge in [-0.25, -0.2) is 9.59 Å². The Hall–Kier alpha value is -2.27. The zero-order valence-corrected chi connectivity index (χ0v) is 21.0. The van der Waals surface area contributed by atoms with Crippen LogP contribution in [0.25, 0.3) is 0 Å². The summed E-state index contributed by atoms with van der Waals surface area (Å²) in [6.07, 6.45) is 0.798. The first-order valence-electron chi connectivity index (χ1n) is 10.5. The van der Waals surface area contributed by atoms with Crippen molar-refractivity contribution in [3.63, 3.8) is 0 Å². The number of benzene rings is 1. The van der Waals surface area contributed by atoms with Crippen molar-refractivity contribution in [2.75, 3.05) is 19.0 Å². The van der Waals surface area contributed by atoms with E-state index in [0.717, 1.165) is 11.3 Å².